The predicted octanol–water partition coefficient (Wildman–Crippen LogP) is 7.00. The third kappa shape index (κ3) is 9.71. The van der Waals surface area contributed by atoms with Gasteiger partial charge >= 0.3 is 5.97 Å². The Hall–Kier alpha value is -4.62. The summed E-state index contributed by atoms with van der Waals surface area (Å²) in [6, 6.07) is 29.7. The molecular weight excluding hydrogens is 552 g/mol. The van der Waals surface area contributed by atoms with Crippen LogP contribution in [-0.2, 0) is 29.3 Å². The smallest absolute Gasteiger partial charge is 0.338 e. The van der Waals surface area contributed by atoms with Crippen LogP contribution in [0.2, 0.25) is 0 Å². The third-order valence-electron chi connectivity index (χ3n) is 6.91. The second kappa shape index (κ2) is 15.2. The molecule has 230 valence electrons. The number of rotatable bonds is 13. The Kier molecular flexibility index (Phi) is 11.2. The van der Waals surface area contributed by atoms with Crippen molar-refractivity contribution in [3.05, 3.63) is 119 Å². The van der Waals surface area contributed by atoms with Gasteiger partial charge in [0, 0.05) is 38.2 Å². The molecule has 4 aromatic rings. The molecule has 0 aliphatic heterocycles. The van der Waals surface area contributed by atoms with E-state index in [2.05, 4.69) is 47.9 Å². The lowest BCUT2D eigenvalue weighted by Gasteiger charge is -2.19. The number of carbonyl (C=O) groups excluding carboxylic acids is 2. The van der Waals surface area contributed by atoms with Gasteiger partial charge in [-0.2, -0.15) is 0 Å². The fourth-order valence-corrected chi connectivity index (χ4v) is 4.67. The molecule has 0 heterocycles. The Morgan fingerprint density at radius 3 is 2.30 bits per heavy atom. The van der Waals surface area contributed by atoms with E-state index < -0.39 is 5.60 Å². The molecule has 0 atom stereocenters. The molecule has 44 heavy (non-hydrogen) atoms. The minimum absolute atomic E-state index is 0.0597. The number of carbonyl (C=O) groups is 2. The molecule has 0 bridgehead atoms. The van der Waals surface area contributed by atoms with E-state index in [1.54, 1.807) is 12.1 Å². The Morgan fingerprint density at radius 1 is 0.773 bits per heavy atom. The van der Waals surface area contributed by atoms with Crippen LogP contribution in [0, 0.1) is 6.92 Å². The molecule has 4 aromatic carbocycles. The quantitative estimate of drug-likeness (QED) is 0.128. The summed E-state index contributed by atoms with van der Waals surface area (Å²) < 4.78 is 18.1. The Morgan fingerprint density at radius 2 is 1.55 bits per heavy atom. The van der Waals surface area contributed by atoms with E-state index in [9.17, 15) is 9.59 Å². The molecule has 1 amide bonds. The van der Waals surface area contributed by atoms with Gasteiger partial charge in [-0.15, -0.1) is 0 Å². The molecule has 0 fully saturated rings. The second-order valence-corrected chi connectivity index (χ2v) is 11.7. The molecular formula is C37H42N2O5. The molecule has 0 aliphatic rings. The molecule has 0 radical (unpaired) electrons. The predicted molar refractivity (Wildman–Crippen MR) is 174 cm³/mol. The second-order valence-electron chi connectivity index (χ2n) is 11.7. The SMILES string of the molecule is CC(=O)NCCNCc1ccc(OCc2cccc(-c3ccccc3)c2C)cc1OCc1cccc(C(=O)OC(C)(C)C)c1. The lowest BCUT2D eigenvalue weighted by Crippen LogP contribution is -2.30. The van der Waals surface area contributed by atoms with E-state index >= 15 is 0 Å². The van der Waals surface area contributed by atoms with Crippen molar-refractivity contribution in [2.45, 2.75) is 60.0 Å². The monoisotopic (exact) mass is 594 g/mol. The van der Waals surface area contributed by atoms with Crippen LogP contribution in [0.3, 0.4) is 0 Å². The summed E-state index contributed by atoms with van der Waals surface area (Å²) in [6.07, 6.45) is 0. The number of esters is 1. The van der Waals surface area contributed by atoms with Gasteiger partial charge in [0.2, 0.25) is 5.91 Å². The number of hydrogen-bond donors (Lipinski definition) is 2. The first kappa shape index (κ1) is 32.3. The largest absolute Gasteiger partial charge is 0.489 e. The summed E-state index contributed by atoms with van der Waals surface area (Å²) >= 11 is 0. The molecule has 0 aliphatic carbocycles. The van der Waals surface area contributed by atoms with Gasteiger partial charge in [-0.05, 0) is 73.7 Å². The van der Waals surface area contributed by atoms with Crippen molar-refractivity contribution in [3.63, 3.8) is 0 Å². The Balaban J connectivity index is 1.49. The number of benzene rings is 4. The number of nitrogens with one attached hydrogen (secondary N) is 2. The highest BCUT2D eigenvalue weighted by atomic mass is 16.6. The van der Waals surface area contributed by atoms with Crippen LogP contribution in [0.4, 0.5) is 0 Å². The van der Waals surface area contributed by atoms with Crippen LogP contribution in [0.5, 0.6) is 11.5 Å². The highest BCUT2D eigenvalue weighted by Crippen LogP contribution is 2.29. The minimum Gasteiger partial charge on any atom is -0.489 e. The van der Waals surface area contributed by atoms with Crippen LogP contribution in [0.1, 0.15) is 60.3 Å². The first-order valence-electron chi connectivity index (χ1n) is 14.9. The van der Waals surface area contributed by atoms with Crippen molar-refractivity contribution < 1.29 is 23.8 Å². The summed E-state index contributed by atoms with van der Waals surface area (Å²) in [5.74, 6) is 0.932. The zero-order valence-electron chi connectivity index (χ0n) is 26.2. The van der Waals surface area contributed by atoms with Crippen LogP contribution >= 0.6 is 0 Å². The van der Waals surface area contributed by atoms with Gasteiger partial charge < -0.3 is 24.8 Å². The van der Waals surface area contributed by atoms with E-state index in [1.165, 1.54) is 23.6 Å². The average molecular weight is 595 g/mol. The van der Waals surface area contributed by atoms with Crippen molar-refractivity contribution in [1.82, 2.24) is 10.6 Å². The minimum atomic E-state index is -0.576. The van der Waals surface area contributed by atoms with Crippen molar-refractivity contribution in [2.75, 3.05) is 13.1 Å². The average Bonchev–Trinajstić information content (AvgIpc) is 2.99. The van der Waals surface area contributed by atoms with E-state index in [-0.39, 0.29) is 18.5 Å². The Labute approximate surface area is 260 Å². The van der Waals surface area contributed by atoms with E-state index in [0.29, 0.717) is 43.3 Å². The maximum absolute atomic E-state index is 12.6. The van der Waals surface area contributed by atoms with Crippen LogP contribution in [0.15, 0.2) is 91.0 Å². The highest BCUT2D eigenvalue weighted by molar-refractivity contribution is 5.89. The van der Waals surface area contributed by atoms with E-state index in [1.807, 2.05) is 69.3 Å². The first-order chi connectivity index (χ1) is 21.1. The van der Waals surface area contributed by atoms with Gasteiger partial charge in [0.05, 0.1) is 5.56 Å². The van der Waals surface area contributed by atoms with Crippen molar-refractivity contribution >= 4 is 11.9 Å². The summed E-state index contributed by atoms with van der Waals surface area (Å²) in [4.78, 5) is 23.8. The highest BCUT2D eigenvalue weighted by Gasteiger charge is 2.18. The maximum Gasteiger partial charge on any atom is 0.338 e. The zero-order valence-corrected chi connectivity index (χ0v) is 26.2. The standard InChI is InChI=1S/C37H42N2O5/c1-26-32(15-10-16-34(26)29-12-7-6-8-13-29)25-42-33-18-17-31(23-38-19-20-39-27(2)40)35(22-33)43-24-28-11-9-14-30(21-28)36(41)44-37(3,4)5/h6-18,21-22,38H,19-20,23-25H2,1-5H3,(H,39,40). The molecule has 0 unspecified atom stereocenters. The van der Waals surface area contributed by atoms with E-state index in [4.69, 9.17) is 14.2 Å². The van der Waals surface area contributed by atoms with Gasteiger partial charge in [0.15, 0.2) is 0 Å². The fraction of sp³-hybridized carbons (Fsp3) is 0.297. The number of hydrogen-bond acceptors (Lipinski definition) is 6. The number of amides is 1. The van der Waals surface area contributed by atoms with Gasteiger partial charge in [0.1, 0.15) is 30.3 Å². The lowest BCUT2D eigenvalue weighted by atomic mass is 9.97. The van der Waals surface area contributed by atoms with Crippen LogP contribution in [-0.4, -0.2) is 30.6 Å². The topological polar surface area (TPSA) is 85.9 Å². The van der Waals surface area contributed by atoms with Gasteiger partial charge in [0.25, 0.3) is 0 Å². The Bertz CT molecular complexity index is 1560. The number of ether oxygens (including phenoxy) is 3. The molecule has 0 aromatic heterocycles. The molecule has 7 heteroatoms. The van der Waals surface area contributed by atoms with Crippen molar-refractivity contribution in [3.8, 4) is 22.6 Å². The van der Waals surface area contributed by atoms with E-state index in [0.717, 1.165) is 16.7 Å². The van der Waals surface area contributed by atoms with Crippen LogP contribution in [0.25, 0.3) is 11.1 Å². The van der Waals surface area contributed by atoms with Crippen molar-refractivity contribution in [1.29, 1.82) is 0 Å². The summed E-state index contributed by atoms with van der Waals surface area (Å²) in [5, 5.41) is 6.14. The fourth-order valence-electron chi connectivity index (χ4n) is 4.67. The first-order valence-corrected chi connectivity index (χ1v) is 14.9. The third-order valence-corrected chi connectivity index (χ3v) is 6.91. The molecule has 4 rings (SSSR count). The summed E-state index contributed by atoms with van der Waals surface area (Å²) in [6.45, 7) is 11.5. The molecule has 7 nitrogen and oxygen atoms in total. The van der Waals surface area contributed by atoms with Crippen LogP contribution < -0.4 is 20.1 Å². The van der Waals surface area contributed by atoms with Crippen molar-refractivity contribution in [2.24, 2.45) is 0 Å². The molecule has 0 spiro atoms. The van der Waals surface area contributed by atoms with Gasteiger partial charge in [-0.1, -0.05) is 66.7 Å². The maximum atomic E-state index is 12.6. The molecule has 2 N–H and O–H groups in total. The molecule has 0 saturated carbocycles. The summed E-state index contributed by atoms with van der Waals surface area (Å²) in [7, 11) is 0. The molecule has 0 saturated heterocycles. The summed E-state index contributed by atoms with van der Waals surface area (Å²) in [5.41, 5.74) is 6.34. The normalized spacial score (nSPS) is 11.1. The van der Waals surface area contributed by atoms with Gasteiger partial charge in [-0.3, -0.25) is 4.79 Å². The van der Waals surface area contributed by atoms with Gasteiger partial charge in [-0.25, -0.2) is 4.79 Å². The zero-order chi connectivity index (χ0) is 31.5. The lowest BCUT2D eigenvalue weighted by molar-refractivity contribution is -0.118.